The monoisotopic (exact) mass is 338 g/mol. The van der Waals surface area contributed by atoms with Crippen molar-refractivity contribution in [3.8, 4) is 0 Å². The second kappa shape index (κ2) is 5.89. The van der Waals surface area contributed by atoms with Crippen LogP contribution in [0.15, 0.2) is 11.0 Å². The van der Waals surface area contributed by atoms with Crippen molar-refractivity contribution in [2.24, 2.45) is 5.92 Å². The number of rotatable bonds is 4. The minimum absolute atomic E-state index is 0.0586. The standard InChI is InChI=1S/C10H15IN2OS/c1-3-8(6-15)5-13-7(2)12-4-9(11)10(13)14/h4,8,15H,3,5-6H2,1-2H3. The van der Waals surface area contributed by atoms with Gasteiger partial charge in [0.1, 0.15) is 5.82 Å². The molecule has 1 heterocycles. The summed E-state index contributed by atoms with van der Waals surface area (Å²) in [6, 6.07) is 0. The molecule has 3 nitrogen and oxygen atoms in total. The Labute approximate surface area is 109 Å². The molecule has 0 aromatic carbocycles. The van der Waals surface area contributed by atoms with Gasteiger partial charge >= 0.3 is 0 Å². The third kappa shape index (κ3) is 3.21. The Bertz CT molecular complexity index is 387. The second-order valence-electron chi connectivity index (χ2n) is 3.53. The summed E-state index contributed by atoms with van der Waals surface area (Å²) in [4.78, 5) is 16.0. The van der Waals surface area contributed by atoms with Gasteiger partial charge in [-0.3, -0.25) is 9.36 Å². The van der Waals surface area contributed by atoms with E-state index in [0.717, 1.165) is 18.0 Å². The van der Waals surface area contributed by atoms with E-state index in [2.05, 4.69) is 24.5 Å². The van der Waals surface area contributed by atoms with Crippen LogP contribution < -0.4 is 5.56 Å². The minimum atomic E-state index is 0.0586. The molecule has 1 rings (SSSR count). The topological polar surface area (TPSA) is 34.9 Å². The molecule has 0 saturated carbocycles. The van der Waals surface area contributed by atoms with Gasteiger partial charge in [0.05, 0.1) is 3.57 Å². The van der Waals surface area contributed by atoms with E-state index >= 15 is 0 Å². The summed E-state index contributed by atoms with van der Waals surface area (Å²) in [7, 11) is 0. The molecule has 84 valence electrons. The van der Waals surface area contributed by atoms with E-state index < -0.39 is 0 Å². The van der Waals surface area contributed by atoms with Crippen molar-refractivity contribution in [2.75, 3.05) is 5.75 Å². The van der Waals surface area contributed by atoms with Gasteiger partial charge in [0, 0.05) is 12.7 Å². The Hall–Kier alpha value is -0.0400. The molecule has 0 spiro atoms. The quantitative estimate of drug-likeness (QED) is 0.674. The average Bonchev–Trinajstić information content (AvgIpc) is 2.24. The molecule has 0 aliphatic carbocycles. The first kappa shape index (κ1) is 13.0. The highest BCUT2D eigenvalue weighted by Gasteiger charge is 2.10. The van der Waals surface area contributed by atoms with Crippen molar-refractivity contribution in [3.63, 3.8) is 0 Å². The number of aryl methyl sites for hydroxylation is 1. The summed E-state index contributed by atoms with van der Waals surface area (Å²) in [6.45, 7) is 4.69. The predicted molar refractivity (Wildman–Crippen MR) is 73.6 cm³/mol. The van der Waals surface area contributed by atoms with E-state index in [4.69, 9.17) is 0 Å². The Morgan fingerprint density at radius 2 is 2.33 bits per heavy atom. The van der Waals surface area contributed by atoms with Crippen LogP contribution in [0.2, 0.25) is 0 Å². The molecule has 1 unspecified atom stereocenters. The van der Waals surface area contributed by atoms with Crippen molar-refractivity contribution >= 4 is 35.2 Å². The van der Waals surface area contributed by atoms with Crippen molar-refractivity contribution in [1.82, 2.24) is 9.55 Å². The van der Waals surface area contributed by atoms with E-state index in [0.29, 0.717) is 16.0 Å². The van der Waals surface area contributed by atoms with Crippen LogP contribution in [0.3, 0.4) is 0 Å². The second-order valence-corrected chi connectivity index (χ2v) is 5.05. The molecule has 0 aliphatic rings. The Kier molecular flexibility index (Phi) is 5.11. The third-order valence-electron chi connectivity index (χ3n) is 2.48. The highest BCUT2D eigenvalue weighted by Crippen LogP contribution is 2.08. The van der Waals surface area contributed by atoms with Crippen LogP contribution >= 0.6 is 35.2 Å². The van der Waals surface area contributed by atoms with E-state index in [1.54, 1.807) is 10.8 Å². The molecule has 1 aromatic heterocycles. The van der Waals surface area contributed by atoms with Crippen LogP contribution in [0, 0.1) is 16.4 Å². The number of thiol groups is 1. The summed E-state index contributed by atoms with van der Waals surface area (Å²) >= 11 is 6.31. The molecule has 0 bridgehead atoms. The van der Waals surface area contributed by atoms with Crippen LogP contribution in [-0.4, -0.2) is 15.3 Å². The molecule has 1 aromatic rings. The summed E-state index contributed by atoms with van der Waals surface area (Å²) < 4.78 is 2.42. The van der Waals surface area contributed by atoms with Crippen LogP contribution in [0.25, 0.3) is 0 Å². The lowest BCUT2D eigenvalue weighted by Crippen LogP contribution is -2.29. The van der Waals surface area contributed by atoms with E-state index in [9.17, 15) is 4.79 Å². The first-order valence-corrected chi connectivity index (χ1v) is 6.64. The van der Waals surface area contributed by atoms with Gasteiger partial charge in [-0.15, -0.1) is 0 Å². The summed E-state index contributed by atoms with van der Waals surface area (Å²) in [5.41, 5.74) is 0.0586. The number of aromatic nitrogens is 2. The van der Waals surface area contributed by atoms with Crippen LogP contribution in [0.1, 0.15) is 19.2 Å². The SMILES string of the molecule is CCC(CS)Cn1c(C)ncc(I)c1=O. The van der Waals surface area contributed by atoms with E-state index in [-0.39, 0.29) is 5.56 Å². The van der Waals surface area contributed by atoms with Crippen molar-refractivity contribution < 1.29 is 0 Å². The predicted octanol–water partition coefficient (Wildman–Crippen LogP) is 2.11. The molecular weight excluding hydrogens is 323 g/mol. The Balaban J connectivity index is 3.03. The maximum absolute atomic E-state index is 11.8. The third-order valence-corrected chi connectivity index (χ3v) is 3.74. The molecule has 0 fully saturated rings. The van der Waals surface area contributed by atoms with Crippen molar-refractivity contribution in [1.29, 1.82) is 0 Å². The smallest absolute Gasteiger partial charge is 0.266 e. The Morgan fingerprint density at radius 1 is 1.67 bits per heavy atom. The largest absolute Gasteiger partial charge is 0.296 e. The zero-order chi connectivity index (χ0) is 11.4. The fraction of sp³-hybridized carbons (Fsp3) is 0.600. The summed E-state index contributed by atoms with van der Waals surface area (Å²) in [6.07, 6.45) is 2.65. The highest BCUT2D eigenvalue weighted by molar-refractivity contribution is 14.1. The molecule has 0 N–H and O–H groups in total. The van der Waals surface area contributed by atoms with E-state index in [1.165, 1.54) is 0 Å². The zero-order valence-electron chi connectivity index (χ0n) is 8.90. The number of halogens is 1. The molecule has 15 heavy (non-hydrogen) atoms. The van der Waals surface area contributed by atoms with Crippen molar-refractivity contribution in [3.05, 3.63) is 25.9 Å². The fourth-order valence-electron chi connectivity index (χ4n) is 1.34. The fourth-order valence-corrected chi connectivity index (χ4v) is 2.14. The van der Waals surface area contributed by atoms with Gasteiger partial charge in [-0.1, -0.05) is 13.3 Å². The van der Waals surface area contributed by atoms with Gasteiger partial charge in [-0.2, -0.15) is 12.6 Å². The molecule has 0 aliphatic heterocycles. The maximum atomic E-state index is 11.8. The van der Waals surface area contributed by atoms with Gasteiger partial charge < -0.3 is 0 Å². The molecule has 1 atom stereocenters. The zero-order valence-corrected chi connectivity index (χ0v) is 12.0. The minimum Gasteiger partial charge on any atom is -0.296 e. The molecule has 0 amide bonds. The summed E-state index contributed by atoms with van der Waals surface area (Å²) in [5, 5.41) is 0. The Morgan fingerprint density at radius 3 is 2.87 bits per heavy atom. The maximum Gasteiger partial charge on any atom is 0.266 e. The van der Waals surface area contributed by atoms with Crippen LogP contribution in [0.4, 0.5) is 0 Å². The lowest BCUT2D eigenvalue weighted by atomic mass is 10.1. The molecular formula is C10H15IN2OS. The van der Waals surface area contributed by atoms with Crippen LogP contribution in [-0.2, 0) is 6.54 Å². The molecule has 5 heteroatoms. The average molecular weight is 338 g/mol. The van der Waals surface area contributed by atoms with Gasteiger partial charge in [0.15, 0.2) is 0 Å². The summed E-state index contributed by atoms with van der Waals surface area (Å²) in [5.74, 6) is 2.01. The van der Waals surface area contributed by atoms with Gasteiger partial charge in [-0.25, -0.2) is 4.98 Å². The number of nitrogens with zero attached hydrogens (tertiary/aromatic N) is 2. The van der Waals surface area contributed by atoms with Crippen molar-refractivity contribution in [2.45, 2.75) is 26.8 Å². The first-order valence-electron chi connectivity index (χ1n) is 4.93. The lowest BCUT2D eigenvalue weighted by molar-refractivity contribution is 0.454. The lowest BCUT2D eigenvalue weighted by Gasteiger charge is -2.15. The normalized spacial score (nSPS) is 12.8. The van der Waals surface area contributed by atoms with Gasteiger partial charge in [0.25, 0.3) is 5.56 Å². The van der Waals surface area contributed by atoms with Gasteiger partial charge in [0.2, 0.25) is 0 Å². The van der Waals surface area contributed by atoms with Crippen LogP contribution in [0.5, 0.6) is 0 Å². The van der Waals surface area contributed by atoms with Gasteiger partial charge in [-0.05, 0) is 41.2 Å². The first-order chi connectivity index (χ1) is 7.10. The number of hydrogen-bond acceptors (Lipinski definition) is 3. The molecule has 0 saturated heterocycles. The molecule has 0 radical (unpaired) electrons. The number of hydrogen-bond donors (Lipinski definition) is 1. The van der Waals surface area contributed by atoms with E-state index in [1.807, 2.05) is 29.5 Å². The highest BCUT2D eigenvalue weighted by atomic mass is 127.